The number of pyridine rings is 1. The Morgan fingerprint density at radius 2 is 1.92 bits per heavy atom. The van der Waals surface area contributed by atoms with E-state index in [0.29, 0.717) is 23.7 Å². The lowest BCUT2D eigenvalue weighted by Gasteiger charge is -2.32. The van der Waals surface area contributed by atoms with Gasteiger partial charge in [-0.2, -0.15) is 4.31 Å². The number of halogens is 2. The second-order valence-electron chi connectivity index (χ2n) is 5.50. The molecule has 128 valence electrons. The van der Waals surface area contributed by atoms with Crippen molar-refractivity contribution in [2.75, 3.05) is 13.1 Å². The van der Waals surface area contributed by atoms with Crippen molar-refractivity contribution in [3.05, 3.63) is 52.8 Å². The molecule has 5 nitrogen and oxygen atoms in total. The van der Waals surface area contributed by atoms with Crippen LogP contribution in [0.25, 0.3) is 0 Å². The largest absolute Gasteiger partial charge is 0.489 e. The van der Waals surface area contributed by atoms with E-state index in [1.165, 1.54) is 16.4 Å². The molecule has 8 heteroatoms. The summed E-state index contributed by atoms with van der Waals surface area (Å²) >= 11 is 12.0. The first kappa shape index (κ1) is 17.5. The van der Waals surface area contributed by atoms with Gasteiger partial charge >= 0.3 is 0 Å². The van der Waals surface area contributed by atoms with Crippen molar-refractivity contribution in [1.29, 1.82) is 0 Å². The summed E-state index contributed by atoms with van der Waals surface area (Å²) in [6, 6.07) is 7.94. The summed E-state index contributed by atoms with van der Waals surface area (Å²) in [6.07, 6.45) is 4.57. The summed E-state index contributed by atoms with van der Waals surface area (Å²) in [7, 11) is -3.72. The molecule has 1 aliphatic rings. The summed E-state index contributed by atoms with van der Waals surface area (Å²) in [5.74, 6) is 0.676. The Morgan fingerprint density at radius 1 is 1.17 bits per heavy atom. The van der Waals surface area contributed by atoms with E-state index in [-0.39, 0.29) is 22.6 Å². The van der Waals surface area contributed by atoms with Gasteiger partial charge in [0, 0.05) is 24.0 Å². The van der Waals surface area contributed by atoms with Crippen LogP contribution in [0.4, 0.5) is 0 Å². The number of nitrogens with zero attached hydrogens (tertiary/aromatic N) is 2. The zero-order valence-corrected chi connectivity index (χ0v) is 15.1. The Labute approximate surface area is 151 Å². The SMILES string of the molecule is O=S(=O)(c1cc(Cl)ccc1Cl)N1CCCC(Oc2ccncc2)C1. The second kappa shape index (κ2) is 7.27. The molecule has 0 saturated carbocycles. The topological polar surface area (TPSA) is 59.5 Å². The monoisotopic (exact) mass is 386 g/mol. The molecule has 1 aromatic carbocycles. The van der Waals surface area contributed by atoms with Crippen LogP contribution >= 0.6 is 23.2 Å². The van der Waals surface area contributed by atoms with Crippen molar-refractivity contribution >= 4 is 33.2 Å². The van der Waals surface area contributed by atoms with Crippen LogP contribution in [0.5, 0.6) is 5.75 Å². The predicted molar refractivity (Wildman–Crippen MR) is 93.1 cm³/mol. The Balaban J connectivity index is 1.79. The number of piperidine rings is 1. The molecule has 0 amide bonds. The van der Waals surface area contributed by atoms with E-state index in [1.54, 1.807) is 30.6 Å². The zero-order valence-electron chi connectivity index (χ0n) is 12.7. The first-order valence-corrected chi connectivity index (χ1v) is 9.68. The van der Waals surface area contributed by atoms with E-state index in [4.69, 9.17) is 27.9 Å². The van der Waals surface area contributed by atoms with Crippen LogP contribution < -0.4 is 4.74 Å². The number of benzene rings is 1. The minimum absolute atomic E-state index is 0.0289. The molecule has 2 aromatic rings. The molecule has 0 aliphatic carbocycles. The lowest BCUT2D eigenvalue weighted by Crippen LogP contribution is -2.44. The van der Waals surface area contributed by atoms with Crippen LogP contribution in [0.1, 0.15) is 12.8 Å². The summed E-state index contributed by atoms with van der Waals surface area (Å²) in [4.78, 5) is 3.97. The van der Waals surface area contributed by atoms with Crippen LogP contribution in [0.15, 0.2) is 47.6 Å². The maximum Gasteiger partial charge on any atom is 0.244 e. The first-order chi connectivity index (χ1) is 11.5. The van der Waals surface area contributed by atoms with Gasteiger partial charge in [0.05, 0.1) is 11.6 Å². The molecule has 2 heterocycles. The van der Waals surface area contributed by atoms with E-state index in [0.717, 1.165) is 6.42 Å². The molecule has 1 fully saturated rings. The Kier molecular flexibility index (Phi) is 5.30. The molecule has 0 N–H and O–H groups in total. The standard InChI is InChI=1S/C16H16Cl2N2O3S/c17-12-3-4-15(18)16(10-12)24(21,22)20-9-1-2-14(11-20)23-13-5-7-19-8-6-13/h3-8,10,14H,1-2,9,11H2. The number of hydrogen-bond donors (Lipinski definition) is 0. The van der Waals surface area contributed by atoms with Gasteiger partial charge in [0.15, 0.2) is 0 Å². The van der Waals surface area contributed by atoms with Crippen molar-refractivity contribution < 1.29 is 13.2 Å². The highest BCUT2D eigenvalue weighted by atomic mass is 35.5. The molecule has 3 rings (SSSR count). The van der Waals surface area contributed by atoms with E-state index < -0.39 is 10.0 Å². The van der Waals surface area contributed by atoms with Gasteiger partial charge in [0.2, 0.25) is 10.0 Å². The molecule has 1 atom stereocenters. The normalized spacial score (nSPS) is 19.2. The lowest BCUT2D eigenvalue weighted by molar-refractivity contribution is 0.129. The second-order valence-corrected chi connectivity index (χ2v) is 8.25. The molecule has 1 unspecified atom stereocenters. The van der Waals surface area contributed by atoms with Gasteiger partial charge in [0.1, 0.15) is 16.7 Å². The van der Waals surface area contributed by atoms with Gasteiger partial charge in [-0.15, -0.1) is 0 Å². The van der Waals surface area contributed by atoms with E-state index in [1.807, 2.05) is 0 Å². The number of sulfonamides is 1. The summed E-state index contributed by atoms with van der Waals surface area (Å²) < 4.78 is 33.0. The fraction of sp³-hybridized carbons (Fsp3) is 0.312. The van der Waals surface area contributed by atoms with Crippen LogP contribution in [0.2, 0.25) is 10.0 Å². The lowest BCUT2D eigenvalue weighted by atomic mass is 10.1. The van der Waals surface area contributed by atoms with E-state index in [9.17, 15) is 8.42 Å². The third kappa shape index (κ3) is 3.83. The van der Waals surface area contributed by atoms with Crippen LogP contribution in [-0.2, 0) is 10.0 Å². The minimum Gasteiger partial charge on any atom is -0.489 e. The van der Waals surface area contributed by atoms with Crippen LogP contribution in [0, 0.1) is 0 Å². The van der Waals surface area contributed by atoms with Crippen molar-refractivity contribution in [2.24, 2.45) is 0 Å². The zero-order chi connectivity index (χ0) is 17.2. The van der Waals surface area contributed by atoms with Gasteiger partial charge in [0.25, 0.3) is 0 Å². The quantitative estimate of drug-likeness (QED) is 0.804. The smallest absolute Gasteiger partial charge is 0.244 e. The highest BCUT2D eigenvalue weighted by Gasteiger charge is 2.32. The molecular formula is C16H16Cl2N2O3S. The highest BCUT2D eigenvalue weighted by molar-refractivity contribution is 7.89. The van der Waals surface area contributed by atoms with Crippen LogP contribution in [0.3, 0.4) is 0 Å². The van der Waals surface area contributed by atoms with Crippen LogP contribution in [-0.4, -0.2) is 36.9 Å². The Morgan fingerprint density at radius 3 is 2.67 bits per heavy atom. The minimum atomic E-state index is -3.72. The maximum atomic E-state index is 12.9. The molecular weight excluding hydrogens is 371 g/mol. The number of rotatable bonds is 4. The number of ether oxygens (including phenoxy) is 1. The van der Waals surface area contributed by atoms with Crippen molar-refractivity contribution in [1.82, 2.24) is 9.29 Å². The van der Waals surface area contributed by atoms with Crippen molar-refractivity contribution in [2.45, 2.75) is 23.8 Å². The summed E-state index contributed by atoms with van der Waals surface area (Å²) in [5, 5.41) is 0.496. The summed E-state index contributed by atoms with van der Waals surface area (Å²) in [5.41, 5.74) is 0. The first-order valence-electron chi connectivity index (χ1n) is 7.49. The third-order valence-corrected chi connectivity index (χ3v) is 6.39. The molecule has 0 spiro atoms. The fourth-order valence-electron chi connectivity index (χ4n) is 2.64. The fourth-order valence-corrected chi connectivity index (χ4v) is 4.89. The van der Waals surface area contributed by atoms with Gasteiger partial charge in [-0.05, 0) is 43.2 Å². The van der Waals surface area contributed by atoms with Gasteiger partial charge < -0.3 is 4.74 Å². The molecule has 1 aliphatic heterocycles. The molecule has 1 saturated heterocycles. The summed E-state index contributed by atoms with van der Waals surface area (Å²) in [6.45, 7) is 0.703. The molecule has 1 aromatic heterocycles. The highest BCUT2D eigenvalue weighted by Crippen LogP contribution is 2.30. The van der Waals surface area contributed by atoms with E-state index in [2.05, 4.69) is 4.98 Å². The van der Waals surface area contributed by atoms with Gasteiger partial charge in [-0.3, -0.25) is 4.98 Å². The average Bonchev–Trinajstić information content (AvgIpc) is 2.58. The number of hydrogen-bond acceptors (Lipinski definition) is 4. The maximum absolute atomic E-state index is 12.9. The van der Waals surface area contributed by atoms with Crippen molar-refractivity contribution in [3.63, 3.8) is 0 Å². The molecule has 0 bridgehead atoms. The van der Waals surface area contributed by atoms with E-state index >= 15 is 0 Å². The number of aromatic nitrogens is 1. The Hall–Kier alpha value is -1.34. The molecule has 0 radical (unpaired) electrons. The third-order valence-electron chi connectivity index (χ3n) is 3.80. The Bertz CT molecular complexity index is 815. The average molecular weight is 387 g/mol. The predicted octanol–water partition coefficient (Wildman–Crippen LogP) is 3.62. The van der Waals surface area contributed by atoms with Gasteiger partial charge in [-0.1, -0.05) is 23.2 Å². The molecule has 24 heavy (non-hydrogen) atoms. The van der Waals surface area contributed by atoms with Gasteiger partial charge in [-0.25, -0.2) is 8.42 Å². The van der Waals surface area contributed by atoms with Crippen molar-refractivity contribution in [3.8, 4) is 5.75 Å².